The van der Waals surface area contributed by atoms with Crippen LogP contribution in [0.4, 0.5) is 0 Å². The van der Waals surface area contributed by atoms with Crippen LogP contribution in [-0.4, -0.2) is 63.8 Å². The first-order chi connectivity index (χ1) is 13.0. The maximum atomic E-state index is 13.1. The molecule has 0 radical (unpaired) electrons. The van der Waals surface area contributed by atoms with Crippen LogP contribution in [0.15, 0.2) is 17.3 Å². The van der Waals surface area contributed by atoms with Gasteiger partial charge in [0.05, 0.1) is 18.1 Å². The van der Waals surface area contributed by atoms with Gasteiger partial charge in [-0.3, -0.25) is 14.7 Å². The molecule has 4 heterocycles. The molecule has 2 aromatic heterocycles. The lowest BCUT2D eigenvalue weighted by Gasteiger charge is -2.32. The Morgan fingerprint density at radius 1 is 1.19 bits per heavy atom. The van der Waals surface area contributed by atoms with E-state index >= 15 is 0 Å². The number of aromatic nitrogens is 4. The summed E-state index contributed by atoms with van der Waals surface area (Å²) in [7, 11) is -1.76. The van der Waals surface area contributed by atoms with Gasteiger partial charge in [0.1, 0.15) is 4.90 Å². The molecule has 2 aliphatic rings. The smallest absolute Gasteiger partial charge is 0.246 e. The highest BCUT2D eigenvalue weighted by atomic mass is 32.2. The lowest BCUT2D eigenvalue weighted by Crippen LogP contribution is -2.39. The van der Waals surface area contributed by atoms with E-state index in [1.807, 2.05) is 6.20 Å². The third kappa shape index (κ3) is 3.55. The Hall–Kier alpha value is -1.71. The first kappa shape index (κ1) is 18.6. The molecule has 2 fully saturated rings. The van der Waals surface area contributed by atoms with Gasteiger partial charge in [0, 0.05) is 43.9 Å². The van der Waals surface area contributed by atoms with Crippen LogP contribution in [0.5, 0.6) is 0 Å². The Labute approximate surface area is 160 Å². The number of hydrogen-bond donors (Lipinski definition) is 1. The Morgan fingerprint density at radius 3 is 2.67 bits per heavy atom. The third-order valence-electron chi connectivity index (χ3n) is 5.94. The summed E-state index contributed by atoms with van der Waals surface area (Å²) in [6.07, 6.45) is 7.72. The quantitative estimate of drug-likeness (QED) is 0.835. The summed E-state index contributed by atoms with van der Waals surface area (Å²) in [5, 5.41) is 11.5. The van der Waals surface area contributed by atoms with Gasteiger partial charge in [-0.2, -0.15) is 14.5 Å². The summed E-state index contributed by atoms with van der Waals surface area (Å²) in [6.45, 7) is 6.02. The topological polar surface area (TPSA) is 87.1 Å². The van der Waals surface area contributed by atoms with Gasteiger partial charge in [-0.05, 0) is 45.7 Å². The van der Waals surface area contributed by atoms with Gasteiger partial charge in [-0.15, -0.1) is 0 Å². The van der Waals surface area contributed by atoms with E-state index in [0.29, 0.717) is 23.7 Å². The van der Waals surface area contributed by atoms with Crippen LogP contribution in [0, 0.1) is 6.92 Å². The van der Waals surface area contributed by atoms with Gasteiger partial charge in [0.2, 0.25) is 10.0 Å². The molecular formula is C18H28N6O2S. The molecule has 8 nitrogen and oxygen atoms in total. The Balaban J connectivity index is 1.53. The van der Waals surface area contributed by atoms with E-state index < -0.39 is 10.0 Å². The number of sulfonamides is 1. The van der Waals surface area contributed by atoms with Crippen molar-refractivity contribution in [3.05, 3.63) is 29.3 Å². The van der Waals surface area contributed by atoms with Crippen LogP contribution < -0.4 is 0 Å². The van der Waals surface area contributed by atoms with Crippen LogP contribution >= 0.6 is 0 Å². The normalized spacial score (nSPS) is 22.5. The van der Waals surface area contributed by atoms with Crippen molar-refractivity contribution in [2.45, 2.75) is 50.0 Å². The number of rotatable bonds is 5. The number of aryl methyl sites for hydroxylation is 1. The van der Waals surface area contributed by atoms with Crippen molar-refractivity contribution in [2.75, 3.05) is 26.2 Å². The van der Waals surface area contributed by atoms with Gasteiger partial charge < -0.3 is 0 Å². The van der Waals surface area contributed by atoms with Gasteiger partial charge in [-0.25, -0.2) is 8.42 Å². The fourth-order valence-corrected chi connectivity index (χ4v) is 5.96. The van der Waals surface area contributed by atoms with E-state index in [1.165, 1.54) is 24.6 Å². The number of hydrogen-bond acceptors (Lipinski definition) is 5. The zero-order valence-corrected chi connectivity index (χ0v) is 16.9. The van der Waals surface area contributed by atoms with Crippen molar-refractivity contribution >= 4 is 10.0 Å². The second-order valence-corrected chi connectivity index (χ2v) is 9.62. The van der Waals surface area contributed by atoms with Gasteiger partial charge in [0.25, 0.3) is 0 Å². The van der Waals surface area contributed by atoms with Crippen molar-refractivity contribution in [1.29, 1.82) is 0 Å². The minimum Gasteiger partial charge on any atom is -0.299 e. The summed E-state index contributed by atoms with van der Waals surface area (Å²) >= 11 is 0. The summed E-state index contributed by atoms with van der Waals surface area (Å²) < 4.78 is 29.5. The van der Waals surface area contributed by atoms with Gasteiger partial charge in [-0.1, -0.05) is 0 Å². The minimum atomic E-state index is -3.53. The molecule has 148 valence electrons. The highest BCUT2D eigenvalue weighted by Crippen LogP contribution is 2.32. The van der Waals surface area contributed by atoms with Crippen LogP contribution in [-0.2, 0) is 23.6 Å². The molecular weight excluding hydrogens is 364 g/mol. The summed E-state index contributed by atoms with van der Waals surface area (Å²) in [4.78, 5) is 2.76. The van der Waals surface area contributed by atoms with E-state index in [4.69, 9.17) is 0 Å². The fourth-order valence-electron chi connectivity index (χ4n) is 4.25. The molecule has 0 saturated carbocycles. The first-order valence-electron chi connectivity index (χ1n) is 9.70. The molecule has 0 aromatic carbocycles. The minimum absolute atomic E-state index is 0.158. The molecule has 1 unspecified atom stereocenters. The molecule has 0 bridgehead atoms. The molecule has 0 aliphatic carbocycles. The molecule has 27 heavy (non-hydrogen) atoms. The largest absolute Gasteiger partial charge is 0.299 e. The standard InChI is InChI=1S/C18H28N6O2S/c1-14-17(11-20-22(14)2)27(25,26)24-9-5-6-15(13-24)18-16(10-19-21-18)12-23-7-3-4-8-23/h10-11,15H,3-9,12-13H2,1-2H3,(H,19,21). The van der Waals surface area contributed by atoms with Crippen LogP contribution in [0.25, 0.3) is 0 Å². The number of nitrogens with one attached hydrogen (secondary N) is 1. The Morgan fingerprint density at radius 2 is 1.96 bits per heavy atom. The fraction of sp³-hybridized carbons (Fsp3) is 0.667. The maximum absolute atomic E-state index is 13.1. The Bertz CT molecular complexity index is 897. The molecule has 4 rings (SSSR count). The number of nitrogens with zero attached hydrogens (tertiary/aromatic N) is 5. The van der Waals surface area contributed by atoms with Crippen molar-refractivity contribution < 1.29 is 8.42 Å². The van der Waals surface area contributed by atoms with E-state index in [1.54, 1.807) is 23.0 Å². The van der Waals surface area contributed by atoms with Crippen LogP contribution in [0.2, 0.25) is 0 Å². The second-order valence-electron chi connectivity index (χ2n) is 7.71. The molecule has 9 heteroatoms. The average Bonchev–Trinajstić information content (AvgIpc) is 3.39. The highest BCUT2D eigenvalue weighted by molar-refractivity contribution is 7.89. The number of aromatic amines is 1. The van der Waals surface area contributed by atoms with E-state index in [2.05, 4.69) is 20.2 Å². The number of likely N-dealkylation sites (tertiary alicyclic amines) is 1. The van der Waals surface area contributed by atoms with Crippen molar-refractivity contribution in [2.24, 2.45) is 7.05 Å². The lowest BCUT2D eigenvalue weighted by molar-refractivity contribution is 0.304. The van der Waals surface area contributed by atoms with E-state index in [-0.39, 0.29) is 5.92 Å². The third-order valence-corrected chi connectivity index (χ3v) is 7.91. The van der Waals surface area contributed by atoms with Gasteiger partial charge >= 0.3 is 0 Å². The van der Waals surface area contributed by atoms with Crippen LogP contribution in [0.3, 0.4) is 0 Å². The molecule has 2 aliphatic heterocycles. The van der Waals surface area contributed by atoms with Crippen molar-refractivity contribution in [3.8, 4) is 0 Å². The summed E-state index contributed by atoms with van der Waals surface area (Å²) in [6, 6.07) is 0. The second kappa shape index (κ2) is 7.37. The van der Waals surface area contributed by atoms with Gasteiger partial charge in [0.15, 0.2) is 0 Å². The van der Waals surface area contributed by atoms with Crippen LogP contribution in [0.1, 0.15) is 48.6 Å². The van der Waals surface area contributed by atoms with E-state index in [9.17, 15) is 8.42 Å². The summed E-state index contributed by atoms with van der Waals surface area (Å²) in [5.74, 6) is 0.158. The van der Waals surface area contributed by atoms with E-state index in [0.717, 1.165) is 38.2 Å². The Kier molecular flexibility index (Phi) is 5.09. The van der Waals surface area contributed by atoms with Crippen molar-refractivity contribution in [3.63, 3.8) is 0 Å². The molecule has 2 aromatic rings. The lowest BCUT2D eigenvalue weighted by atomic mass is 9.93. The first-order valence-corrected chi connectivity index (χ1v) is 11.1. The molecule has 0 spiro atoms. The number of H-pyrrole nitrogens is 1. The molecule has 1 N–H and O–H groups in total. The molecule has 2 saturated heterocycles. The maximum Gasteiger partial charge on any atom is 0.246 e. The average molecular weight is 393 g/mol. The zero-order valence-electron chi connectivity index (χ0n) is 16.1. The predicted molar refractivity (Wildman–Crippen MR) is 102 cm³/mol. The molecule has 1 atom stereocenters. The SMILES string of the molecule is Cc1c(S(=O)(=O)N2CCCC(c3[nH]ncc3CN3CCCC3)C2)cnn1C. The highest BCUT2D eigenvalue weighted by Gasteiger charge is 2.34. The summed E-state index contributed by atoms with van der Waals surface area (Å²) in [5.41, 5.74) is 2.98. The van der Waals surface area contributed by atoms with Crippen molar-refractivity contribution in [1.82, 2.24) is 29.2 Å². The monoisotopic (exact) mass is 392 g/mol. The number of piperidine rings is 1. The zero-order chi connectivity index (χ0) is 19.0. The predicted octanol–water partition coefficient (Wildman–Crippen LogP) is 1.62. The molecule has 0 amide bonds.